The average Bonchev–Trinajstić information content (AvgIpc) is 2.62. The van der Waals surface area contributed by atoms with Crippen molar-refractivity contribution in [3.05, 3.63) is 59.7 Å². The Morgan fingerprint density at radius 1 is 1.04 bits per heavy atom. The summed E-state index contributed by atoms with van der Waals surface area (Å²) in [6, 6.07) is 16.1. The highest BCUT2D eigenvalue weighted by molar-refractivity contribution is 5.43. The number of methoxy groups -OCH3 is 1. The molecule has 0 fully saturated rings. The van der Waals surface area contributed by atoms with E-state index in [9.17, 15) is 5.11 Å². The molecule has 0 amide bonds. The normalized spacial score (nSPS) is 12.0. The van der Waals surface area contributed by atoms with Crippen LogP contribution in [0.3, 0.4) is 0 Å². The van der Waals surface area contributed by atoms with Crippen molar-refractivity contribution in [3.63, 3.8) is 0 Å². The van der Waals surface area contributed by atoms with E-state index in [0.29, 0.717) is 13.2 Å². The molecule has 4 heteroatoms. The number of benzene rings is 2. The second kappa shape index (κ2) is 9.18. The summed E-state index contributed by atoms with van der Waals surface area (Å²) in [5.74, 6) is 1.45. The zero-order chi connectivity index (χ0) is 16.5. The molecule has 2 N–H and O–H groups in total. The Kier molecular flexibility index (Phi) is 6.91. The van der Waals surface area contributed by atoms with Crippen LogP contribution in [0.4, 0.5) is 0 Å². The summed E-state index contributed by atoms with van der Waals surface area (Å²) < 4.78 is 11.3. The number of nitrogens with one attached hydrogen (secondary N) is 1. The first-order chi connectivity index (χ1) is 11.3. The van der Waals surface area contributed by atoms with Gasteiger partial charge in [-0.2, -0.15) is 0 Å². The Hall–Kier alpha value is -2.04. The van der Waals surface area contributed by atoms with E-state index in [1.807, 2.05) is 48.5 Å². The molecule has 0 saturated heterocycles. The molecular weight excluding hydrogens is 290 g/mol. The Morgan fingerprint density at radius 3 is 2.48 bits per heavy atom. The minimum absolute atomic E-state index is 0.116. The number of hydrogen-bond acceptors (Lipinski definition) is 4. The fourth-order valence-electron chi connectivity index (χ4n) is 2.28. The molecule has 0 bridgehead atoms. The van der Waals surface area contributed by atoms with Gasteiger partial charge >= 0.3 is 0 Å². The molecule has 0 aliphatic rings. The summed E-state index contributed by atoms with van der Waals surface area (Å²) in [7, 11) is 1.64. The SMILES string of the molecule is CCC(CO)NCc1ccc(OC)c(OCc2ccccc2)c1. The molecule has 4 nitrogen and oxygen atoms in total. The van der Waals surface area contributed by atoms with Gasteiger partial charge in [0, 0.05) is 12.6 Å². The second-order valence-electron chi connectivity index (χ2n) is 5.43. The lowest BCUT2D eigenvalue weighted by Crippen LogP contribution is -2.31. The number of aliphatic hydroxyl groups excluding tert-OH is 1. The van der Waals surface area contributed by atoms with E-state index in [4.69, 9.17) is 9.47 Å². The van der Waals surface area contributed by atoms with Gasteiger partial charge in [-0.05, 0) is 29.7 Å². The van der Waals surface area contributed by atoms with E-state index >= 15 is 0 Å². The molecule has 1 unspecified atom stereocenters. The van der Waals surface area contributed by atoms with Crippen molar-refractivity contribution in [3.8, 4) is 11.5 Å². The van der Waals surface area contributed by atoms with Gasteiger partial charge in [0.25, 0.3) is 0 Å². The summed E-state index contributed by atoms with van der Waals surface area (Å²) in [6.45, 7) is 3.38. The highest BCUT2D eigenvalue weighted by Gasteiger charge is 2.08. The Balaban J connectivity index is 2.03. The standard InChI is InChI=1S/C19H25NO3/c1-3-17(13-21)20-12-16-9-10-18(22-2)19(11-16)23-14-15-7-5-4-6-8-15/h4-11,17,20-21H,3,12-14H2,1-2H3. The minimum Gasteiger partial charge on any atom is -0.493 e. The summed E-state index contributed by atoms with van der Waals surface area (Å²) in [6.07, 6.45) is 0.893. The van der Waals surface area contributed by atoms with E-state index in [0.717, 1.165) is 29.0 Å². The zero-order valence-electron chi connectivity index (χ0n) is 13.8. The van der Waals surface area contributed by atoms with Crippen molar-refractivity contribution in [2.24, 2.45) is 0 Å². The molecule has 0 aliphatic heterocycles. The van der Waals surface area contributed by atoms with Crippen LogP contribution in [0.25, 0.3) is 0 Å². The fraction of sp³-hybridized carbons (Fsp3) is 0.368. The maximum Gasteiger partial charge on any atom is 0.161 e. The molecule has 2 aromatic rings. The van der Waals surface area contributed by atoms with E-state index in [-0.39, 0.29) is 12.6 Å². The number of rotatable bonds is 9. The van der Waals surface area contributed by atoms with Gasteiger partial charge in [0.1, 0.15) is 6.61 Å². The van der Waals surface area contributed by atoms with Gasteiger partial charge in [-0.1, -0.05) is 43.3 Å². The summed E-state index contributed by atoms with van der Waals surface area (Å²) in [5.41, 5.74) is 2.21. The Labute approximate surface area is 138 Å². The van der Waals surface area contributed by atoms with Crippen molar-refractivity contribution in [1.29, 1.82) is 0 Å². The first kappa shape index (κ1) is 17.3. The van der Waals surface area contributed by atoms with Crippen LogP contribution in [0, 0.1) is 0 Å². The molecule has 0 aliphatic carbocycles. The van der Waals surface area contributed by atoms with E-state index in [1.165, 1.54) is 0 Å². The average molecular weight is 315 g/mol. The monoisotopic (exact) mass is 315 g/mol. The summed E-state index contributed by atoms with van der Waals surface area (Å²) >= 11 is 0. The quantitative estimate of drug-likeness (QED) is 0.746. The molecule has 23 heavy (non-hydrogen) atoms. The minimum atomic E-state index is 0.116. The molecule has 0 heterocycles. The molecule has 124 valence electrons. The van der Waals surface area contributed by atoms with Gasteiger partial charge in [-0.3, -0.25) is 0 Å². The third-order valence-corrected chi connectivity index (χ3v) is 3.77. The van der Waals surface area contributed by atoms with Crippen molar-refractivity contribution in [2.75, 3.05) is 13.7 Å². The maximum absolute atomic E-state index is 9.24. The van der Waals surface area contributed by atoms with Crippen LogP contribution in [-0.4, -0.2) is 24.9 Å². The van der Waals surface area contributed by atoms with Crippen LogP contribution >= 0.6 is 0 Å². The van der Waals surface area contributed by atoms with Gasteiger partial charge in [0.05, 0.1) is 13.7 Å². The Morgan fingerprint density at radius 2 is 1.83 bits per heavy atom. The number of hydrogen-bond donors (Lipinski definition) is 2. The van der Waals surface area contributed by atoms with Crippen LogP contribution in [0.1, 0.15) is 24.5 Å². The van der Waals surface area contributed by atoms with Gasteiger partial charge in [-0.15, -0.1) is 0 Å². The predicted molar refractivity (Wildman–Crippen MR) is 91.8 cm³/mol. The highest BCUT2D eigenvalue weighted by Crippen LogP contribution is 2.29. The molecule has 1 atom stereocenters. The molecule has 0 radical (unpaired) electrons. The maximum atomic E-state index is 9.24. The molecule has 2 rings (SSSR count). The molecule has 0 spiro atoms. The van der Waals surface area contributed by atoms with Crippen LogP contribution in [-0.2, 0) is 13.2 Å². The molecule has 0 saturated carbocycles. The molecular formula is C19H25NO3. The highest BCUT2D eigenvalue weighted by atomic mass is 16.5. The van der Waals surface area contributed by atoms with Crippen molar-refractivity contribution in [1.82, 2.24) is 5.32 Å². The largest absolute Gasteiger partial charge is 0.493 e. The van der Waals surface area contributed by atoms with E-state index in [1.54, 1.807) is 7.11 Å². The molecule has 2 aromatic carbocycles. The van der Waals surface area contributed by atoms with Crippen LogP contribution < -0.4 is 14.8 Å². The smallest absolute Gasteiger partial charge is 0.161 e. The van der Waals surface area contributed by atoms with E-state index < -0.39 is 0 Å². The Bertz CT molecular complexity index is 582. The van der Waals surface area contributed by atoms with Crippen molar-refractivity contribution < 1.29 is 14.6 Å². The fourth-order valence-corrected chi connectivity index (χ4v) is 2.28. The summed E-state index contributed by atoms with van der Waals surface area (Å²) in [4.78, 5) is 0. The second-order valence-corrected chi connectivity index (χ2v) is 5.43. The lowest BCUT2D eigenvalue weighted by Gasteiger charge is -2.16. The van der Waals surface area contributed by atoms with Gasteiger partial charge in [0.15, 0.2) is 11.5 Å². The van der Waals surface area contributed by atoms with E-state index in [2.05, 4.69) is 12.2 Å². The van der Waals surface area contributed by atoms with Crippen molar-refractivity contribution >= 4 is 0 Å². The lowest BCUT2D eigenvalue weighted by atomic mass is 10.1. The van der Waals surface area contributed by atoms with Gasteiger partial charge in [-0.25, -0.2) is 0 Å². The number of aliphatic hydroxyl groups is 1. The third kappa shape index (κ3) is 5.27. The zero-order valence-corrected chi connectivity index (χ0v) is 13.8. The number of ether oxygens (including phenoxy) is 2. The first-order valence-electron chi connectivity index (χ1n) is 7.94. The topological polar surface area (TPSA) is 50.7 Å². The molecule has 0 aromatic heterocycles. The third-order valence-electron chi connectivity index (χ3n) is 3.77. The predicted octanol–water partition coefficient (Wildman–Crippen LogP) is 3.13. The van der Waals surface area contributed by atoms with Crippen LogP contribution in [0.2, 0.25) is 0 Å². The van der Waals surface area contributed by atoms with Crippen LogP contribution in [0.5, 0.6) is 11.5 Å². The van der Waals surface area contributed by atoms with Crippen molar-refractivity contribution in [2.45, 2.75) is 32.5 Å². The lowest BCUT2D eigenvalue weighted by molar-refractivity contribution is 0.238. The van der Waals surface area contributed by atoms with Gasteiger partial charge < -0.3 is 19.9 Å². The first-order valence-corrected chi connectivity index (χ1v) is 7.94. The van der Waals surface area contributed by atoms with Gasteiger partial charge in [0.2, 0.25) is 0 Å². The van der Waals surface area contributed by atoms with Crippen LogP contribution in [0.15, 0.2) is 48.5 Å². The summed E-state index contributed by atoms with van der Waals surface area (Å²) in [5, 5.41) is 12.6.